The first-order chi connectivity index (χ1) is 8.99. The Morgan fingerprint density at radius 2 is 2.00 bits per heavy atom. The van der Waals surface area contributed by atoms with Crippen LogP contribution in [0.1, 0.15) is 37.0 Å². The standard InChI is InChI=1S/C15H21BrN2O/c1-10(2)11-5-7-18(8-6-11)15(19)13-9-12(16)3-4-14(13)17/h3-4,9-11H,5-8,17H2,1-2H3. The van der Waals surface area contributed by atoms with E-state index in [0.29, 0.717) is 17.2 Å². The number of nitrogens with two attached hydrogens (primary N) is 1. The maximum atomic E-state index is 12.5. The SMILES string of the molecule is CC(C)C1CCN(C(=O)c2cc(Br)ccc2N)CC1. The quantitative estimate of drug-likeness (QED) is 0.846. The van der Waals surface area contributed by atoms with Gasteiger partial charge in [-0.25, -0.2) is 0 Å². The zero-order chi connectivity index (χ0) is 14.0. The van der Waals surface area contributed by atoms with Gasteiger partial charge in [0.2, 0.25) is 0 Å². The zero-order valence-corrected chi connectivity index (χ0v) is 13.1. The summed E-state index contributed by atoms with van der Waals surface area (Å²) >= 11 is 3.39. The molecule has 1 aromatic carbocycles. The van der Waals surface area contributed by atoms with Gasteiger partial charge in [0.1, 0.15) is 0 Å². The van der Waals surface area contributed by atoms with Gasteiger partial charge in [-0.3, -0.25) is 4.79 Å². The third-order valence-electron chi connectivity index (χ3n) is 4.02. The summed E-state index contributed by atoms with van der Waals surface area (Å²) in [7, 11) is 0. The second kappa shape index (κ2) is 5.95. The number of hydrogen-bond acceptors (Lipinski definition) is 2. The number of benzene rings is 1. The Hall–Kier alpha value is -1.03. The van der Waals surface area contributed by atoms with Gasteiger partial charge in [0.15, 0.2) is 0 Å². The van der Waals surface area contributed by atoms with E-state index in [9.17, 15) is 4.79 Å². The molecule has 0 bridgehead atoms. The molecule has 1 aliphatic rings. The Bertz CT molecular complexity index is 465. The number of nitrogen functional groups attached to an aromatic ring is 1. The Labute approximate surface area is 123 Å². The molecule has 1 aromatic rings. The molecule has 104 valence electrons. The highest BCUT2D eigenvalue weighted by molar-refractivity contribution is 9.10. The summed E-state index contributed by atoms with van der Waals surface area (Å²) < 4.78 is 0.891. The maximum absolute atomic E-state index is 12.5. The van der Waals surface area contributed by atoms with Crippen molar-refractivity contribution in [1.82, 2.24) is 4.90 Å². The molecule has 19 heavy (non-hydrogen) atoms. The fourth-order valence-electron chi connectivity index (χ4n) is 2.65. The molecular formula is C15H21BrN2O. The molecule has 3 nitrogen and oxygen atoms in total. The Morgan fingerprint density at radius 1 is 1.37 bits per heavy atom. The molecule has 0 unspecified atom stereocenters. The van der Waals surface area contributed by atoms with E-state index in [4.69, 9.17) is 5.73 Å². The van der Waals surface area contributed by atoms with Gasteiger partial charge in [-0.15, -0.1) is 0 Å². The number of amides is 1. The number of hydrogen-bond donors (Lipinski definition) is 1. The number of piperidine rings is 1. The number of carbonyl (C=O) groups excluding carboxylic acids is 1. The molecule has 0 spiro atoms. The van der Waals surface area contributed by atoms with Crippen LogP contribution >= 0.6 is 15.9 Å². The Morgan fingerprint density at radius 3 is 2.58 bits per heavy atom. The van der Waals surface area contributed by atoms with E-state index in [1.165, 1.54) is 0 Å². The van der Waals surface area contributed by atoms with Gasteiger partial charge < -0.3 is 10.6 Å². The molecule has 0 saturated carbocycles. The number of halogens is 1. The van der Waals surface area contributed by atoms with Crippen LogP contribution < -0.4 is 5.73 Å². The molecule has 4 heteroatoms. The molecule has 1 aliphatic heterocycles. The third kappa shape index (κ3) is 3.30. The average Bonchev–Trinajstić information content (AvgIpc) is 2.41. The molecule has 1 saturated heterocycles. The molecule has 0 aliphatic carbocycles. The van der Waals surface area contributed by atoms with E-state index in [2.05, 4.69) is 29.8 Å². The average molecular weight is 325 g/mol. The first-order valence-electron chi connectivity index (χ1n) is 6.83. The van der Waals surface area contributed by atoms with Crippen LogP contribution in [0.25, 0.3) is 0 Å². The summed E-state index contributed by atoms with van der Waals surface area (Å²) in [5.41, 5.74) is 7.07. The number of carbonyl (C=O) groups is 1. The summed E-state index contributed by atoms with van der Waals surface area (Å²) in [6.07, 6.45) is 2.19. The van der Waals surface area contributed by atoms with Crippen LogP contribution in [-0.2, 0) is 0 Å². The monoisotopic (exact) mass is 324 g/mol. The van der Waals surface area contributed by atoms with E-state index in [0.717, 1.165) is 36.3 Å². The van der Waals surface area contributed by atoms with Gasteiger partial charge in [0.05, 0.1) is 5.56 Å². The number of nitrogens with zero attached hydrogens (tertiary/aromatic N) is 1. The summed E-state index contributed by atoms with van der Waals surface area (Å²) in [5.74, 6) is 1.50. The number of rotatable bonds is 2. The van der Waals surface area contributed by atoms with Gasteiger partial charge in [-0.05, 0) is 42.9 Å². The lowest BCUT2D eigenvalue weighted by atomic mass is 9.86. The highest BCUT2D eigenvalue weighted by Gasteiger charge is 2.26. The van der Waals surface area contributed by atoms with Crippen molar-refractivity contribution in [2.75, 3.05) is 18.8 Å². The number of anilines is 1. The molecule has 1 amide bonds. The van der Waals surface area contributed by atoms with Gasteiger partial charge in [0, 0.05) is 23.2 Å². The van der Waals surface area contributed by atoms with Gasteiger partial charge in [0.25, 0.3) is 5.91 Å². The van der Waals surface area contributed by atoms with Crippen LogP contribution in [0.3, 0.4) is 0 Å². The van der Waals surface area contributed by atoms with Crippen LogP contribution in [0.4, 0.5) is 5.69 Å². The first-order valence-corrected chi connectivity index (χ1v) is 7.62. The summed E-state index contributed by atoms with van der Waals surface area (Å²) in [6, 6.07) is 5.45. The molecule has 1 heterocycles. The molecular weight excluding hydrogens is 304 g/mol. The predicted octanol–water partition coefficient (Wildman–Crippen LogP) is 3.54. The van der Waals surface area contributed by atoms with Crippen molar-refractivity contribution in [3.8, 4) is 0 Å². The van der Waals surface area contributed by atoms with E-state index in [1.54, 1.807) is 6.07 Å². The van der Waals surface area contributed by atoms with Crippen LogP contribution in [0.2, 0.25) is 0 Å². The van der Waals surface area contributed by atoms with Crippen molar-refractivity contribution < 1.29 is 4.79 Å². The van der Waals surface area contributed by atoms with E-state index >= 15 is 0 Å². The lowest BCUT2D eigenvalue weighted by Gasteiger charge is -2.34. The predicted molar refractivity (Wildman–Crippen MR) is 82.0 cm³/mol. The van der Waals surface area contributed by atoms with Crippen molar-refractivity contribution in [2.45, 2.75) is 26.7 Å². The lowest BCUT2D eigenvalue weighted by molar-refractivity contribution is 0.0668. The summed E-state index contributed by atoms with van der Waals surface area (Å²) in [4.78, 5) is 14.4. The topological polar surface area (TPSA) is 46.3 Å². The minimum atomic E-state index is 0.0565. The molecule has 0 atom stereocenters. The minimum absolute atomic E-state index is 0.0565. The van der Waals surface area contributed by atoms with Crippen LogP contribution in [0.5, 0.6) is 0 Å². The van der Waals surface area contributed by atoms with Crippen LogP contribution in [-0.4, -0.2) is 23.9 Å². The summed E-state index contributed by atoms with van der Waals surface area (Å²) in [5, 5.41) is 0. The zero-order valence-electron chi connectivity index (χ0n) is 11.5. The van der Waals surface area contributed by atoms with Crippen LogP contribution in [0.15, 0.2) is 22.7 Å². The lowest BCUT2D eigenvalue weighted by Crippen LogP contribution is -2.39. The largest absolute Gasteiger partial charge is 0.398 e. The molecule has 2 rings (SSSR count). The normalized spacial score (nSPS) is 16.9. The van der Waals surface area contributed by atoms with Crippen LogP contribution in [0, 0.1) is 11.8 Å². The highest BCUT2D eigenvalue weighted by atomic mass is 79.9. The summed E-state index contributed by atoms with van der Waals surface area (Å²) in [6.45, 7) is 6.20. The van der Waals surface area contributed by atoms with Crippen molar-refractivity contribution in [2.24, 2.45) is 11.8 Å². The van der Waals surface area contributed by atoms with Crippen molar-refractivity contribution in [3.63, 3.8) is 0 Å². The minimum Gasteiger partial charge on any atom is -0.398 e. The highest BCUT2D eigenvalue weighted by Crippen LogP contribution is 2.27. The van der Waals surface area contributed by atoms with Crippen molar-refractivity contribution in [3.05, 3.63) is 28.2 Å². The number of likely N-dealkylation sites (tertiary alicyclic amines) is 1. The van der Waals surface area contributed by atoms with Gasteiger partial charge in [-0.2, -0.15) is 0 Å². The van der Waals surface area contributed by atoms with Gasteiger partial charge in [-0.1, -0.05) is 29.8 Å². The van der Waals surface area contributed by atoms with Gasteiger partial charge >= 0.3 is 0 Å². The van der Waals surface area contributed by atoms with E-state index in [1.807, 2.05) is 17.0 Å². The van der Waals surface area contributed by atoms with Crippen molar-refractivity contribution in [1.29, 1.82) is 0 Å². The second-order valence-corrected chi connectivity index (χ2v) is 6.52. The smallest absolute Gasteiger partial charge is 0.255 e. The van der Waals surface area contributed by atoms with Crippen molar-refractivity contribution >= 4 is 27.5 Å². The van der Waals surface area contributed by atoms with E-state index < -0.39 is 0 Å². The Balaban J connectivity index is 2.07. The third-order valence-corrected chi connectivity index (χ3v) is 4.51. The second-order valence-electron chi connectivity index (χ2n) is 5.61. The fraction of sp³-hybridized carbons (Fsp3) is 0.533. The van der Waals surface area contributed by atoms with E-state index in [-0.39, 0.29) is 5.91 Å². The molecule has 0 radical (unpaired) electrons. The maximum Gasteiger partial charge on any atom is 0.255 e. The Kier molecular flexibility index (Phi) is 4.50. The molecule has 1 fully saturated rings. The fourth-order valence-corrected chi connectivity index (χ4v) is 3.01. The molecule has 2 N–H and O–H groups in total. The first kappa shape index (κ1) is 14.4. The molecule has 0 aromatic heterocycles.